The number of hydrogen-bond donors (Lipinski definition) is 0. The first kappa shape index (κ1) is 10.1. The zero-order valence-corrected chi connectivity index (χ0v) is 9.37. The SMILES string of the molecule is ClCCCc1cc(Cl)cc2c1OCC2. The van der Waals surface area contributed by atoms with Crippen LogP contribution in [0.15, 0.2) is 12.1 Å². The average Bonchev–Trinajstić information content (AvgIpc) is 2.61. The van der Waals surface area contributed by atoms with Gasteiger partial charge in [-0.3, -0.25) is 0 Å². The smallest absolute Gasteiger partial charge is 0.125 e. The summed E-state index contributed by atoms with van der Waals surface area (Å²) in [5, 5.41) is 0.804. The Bertz CT molecular complexity index is 336. The Labute approximate surface area is 94.0 Å². The minimum absolute atomic E-state index is 0.682. The molecule has 14 heavy (non-hydrogen) atoms. The summed E-state index contributed by atoms with van der Waals surface area (Å²) in [5.41, 5.74) is 2.44. The number of hydrogen-bond acceptors (Lipinski definition) is 1. The van der Waals surface area contributed by atoms with Gasteiger partial charge in [0.25, 0.3) is 0 Å². The molecule has 0 unspecified atom stereocenters. The Morgan fingerprint density at radius 3 is 3.00 bits per heavy atom. The first-order valence-electron chi connectivity index (χ1n) is 4.81. The lowest BCUT2D eigenvalue weighted by Gasteiger charge is -2.07. The monoisotopic (exact) mass is 230 g/mol. The minimum atomic E-state index is 0.682. The van der Waals surface area contributed by atoms with Crippen molar-refractivity contribution in [2.24, 2.45) is 0 Å². The van der Waals surface area contributed by atoms with Crippen LogP contribution in [0.5, 0.6) is 5.75 Å². The van der Waals surface area contributed by atoms with Crippen molar-refractivity contribution in [1.82, 2.24) is 0 Å². The Morgan fingerprint density at radius 2 is 2.21 bits per heavy atom. The van der Waals surface area contributed by atoms with E-state index in [1.54, 1.807) is 0 Å². The van der Waals surface area contributed by atoms with Crippen LogP contribution >= 0.6 is 23.2 Å². The van der Waals surface area contributed by atoms with Crippen molar-refractivity contribution in [3.63, 3.8) is 0 Å². The molecule has 0 radical (unpaired) electrons. The van der Waals surface area contributed by atoms with E-state index in [4.69, 9.17) is 27.9 Å². The van der Waals surface area contributed by atoms with Crippen LogP contribution in [0, 0.1) is 0 Å². The van der Waals surface area contributed by atoms with Crippen molar-refractivity contribution in [3.8, 4) is 5.75 Å². The van der Waals surface area contributed by atoms with E-state index in [9.17, 15) is 0 Å². The second-order valence-corrected chi connectivity index (χ2v) is 4.26. The van der Waals surface area contributed by atoms with E-state index in [1.807, 2.05) is 12.1 Å². The predicted molar refractivity (Wildman–Crippen MR) is 59.7 cm³/mol. The molecule has 0 saturated carbocycles. The van der Waals surface area contributed by atoms with Crippen LogP contribution in [0.4, 0.5) is 0 Å². The fraction of sp³-hybridized carbons (Fsp3) is 0.455. The lowest BCUT2D eigenvalue weighted by atomic mass is 10.0. The van der Waals surface area contributed by atoms with E-state index < -0.39 is 0 Å². The summed E-state index contributed by atoms with van der Waals surface area (Å²) in [6, 6.07) is 3.98. The third-order valence-corrected chi connectivity index (χ3v) is 2.89. The van der Waals surface area contributed by atoms with Crippen LogP contribution in [0.2, 0.25) is 5.02 Å². The summed E-state index contributed by atoms with van der Waals surface area (Å²) in [6.07, 6.45) is 2.90. The second kappa shape index (κ2) is 4.41. The van der Waals surface area contributed by atoms with Gasteiger partial charge in [-0.05, 0) is 36.1 Å². The van der Waals surface area contributed by atoms with Crippen LogP contribution in [0.3, 0.4) is 0 Å². The zero-order valence-electron chi connectivity index (χ0n) is 7.85. The molecule has 1 aromatic rings. The van der Waals surface area contributed by atoms with Crippen LogP contribution in [0.25, 0.3) is 0 Å². The highest BCUT2D eigenvalue weighted by Gasteiger charge is 2.16. The van der Waals surface area contributed by atoms with Crippen LogP contribution in [-0.2, 0) is 12.8 Å². The molecule has 2 rings (SSSR count). The van der Waals surface area contributed by atoms with Gasteiger partial charge in [0.2, 0.25) is 0 Å². The molecule has 1 nitrogen and oxygen atoms in total. The predicted octanol–water partition coefficient (Wildman–Crippen LogP) is 3.45. The van der Waals surface area contributed by atoms with Crippen LogP contribution in [0.1, 0.15) is 17.5 Å². The number of benzene rings is 1. The summed E-state index contributed by atoms with van der Waals surface area (Å²) in [4.78, 5) is 0. The van der Waals surface area contributed by atoms with Crippen molar-refractivity contribution in [1.29, 1.82) is 0 Å². The first-order valence-corrected chi connectivity index (χ1v) is 5.72. The molecule has 0 N–H and O–H groups in total. The lowest BCUT2D eigenvalue weighted by molar-refractivity contribution is 0.353. The van der Waals surface area contributed by atoms with E-state index in [-0.39, 0.29) is 0 Å². The second-order valence-electron chi connectivity index (χ2n) is 3.44. The van der Waals surface area contributed by atoms with Gasteiger partial charge in [0.05, 0.1) is 6.61 Å². The third kappa shape index (κ3) is 1.99. The fourth-order valence-electron chi connectivity index (χ4n) is 1.79. The molecular weight excluding hydrogens is 219 g/mol. The molecule has 0 fully saturated rings. The summed E-state index contributed by atoms with van der Waals surface area (Å²) in [6.45, 7) is 0.781. The van der Waals surface area contributed by atoms with Crippen molar-refractivity contribution < 1.29 is 4.74 Å². The normalized spacial score (nSPS) is 13.9. The molecule has 0 spiro atoms. The highest BCUT2D eigenvalue weighted by molar-refractivity contribution is 6.30. The highest BCUT2D eigenvalue weighted by atomic mass is 35.5. The third-order valence-electron chi connectivity index (χ3n) is 2.41. The molecule has 0 saturated heterocycles. The summed E-state index contributed by atoms with van der Waals surface area (Å²) in [7, 11) is 0. The highest BCUT2D eigenvalue weighted by Crippen LogP contribution is 2.33. The maximum Gasteiger partial charge on any atom is 0.125 e. The van der Waals surface area contributed by atoms with Crippen molar-refractivity contribution in [2.75, 3.05) is 12.5 Å². The molecule has 1 heterocycles. The average molecular weight is 231 g/mol. The Morgan fingerprint density at radius 1 is 1.36 bits per heavy atom. The summed E-state index contributed by atoms with van der Waals surface area (Å²) in [5.74, 6) is 1.72. The van der Waals surface area contributed by atoms with Crippen molar-refractivity contribution in [3.05, 3.63) is 28.3 Å². The van der Waals surface area contributed by atoms with Gasteiger partial charge in [-0.1, -0.05) is 11.6 Å². The van der Waals surface area contributed by atoms with E-state index >= 15 is 0 Å². The Hall–Kier alpha value is -0.400. The largest absolute Gasteiger partial charge is 0.493 e. The molecule has 0 bridgehead atoms. The van der Waals surface area contributed by atoms with Gasteiger partial charge in [-0.15, -0.1) is 11.6 Å². The molecule has 0 aromatic heterocycles. The quantitative estimate of drug-likeness (QED) is 0.724. The number of alkyl halides is 1. The number of fused-ring (bicyclic) bond motifs is 1. The molecule has 1 aromatic carbocycles. The van der Waals surface area contributed by atoms with Gasteiger partial charge in [-0.25, -0.2) is 0 Å². The standard InChI is InChI=1S/C11H12Cl2O/c12-4-1-2-8-6-10(13)7-9-3-5-14-11(8)9/h6-7H,1-5H2. The number of aryl methyl sites for hydroxylation is 1. The van der Waals surface area contributed by atoms with Gasteiger partial charge in [0.1, 0.15) is 5.75 Å². The molecule has 3 heteroatoms. The van der Waals surface area contributed by atoms with E-state index in [0.717, 1.165) is 36.6 Å². The van der Waals surface area contributed by atoms with Crippen LogP contribution in [-0.4, -0.2) is 12.5 Å². The van der Waals surface area contributed by atoms with E-state index in [0.29, 0.717) is 5.88 Å². The number of halogens is 2. The van der Waals surface area contributed by atoms with Gasteiger partial charge in [0.15, 0.2) is 0 Å². The van der Waals surface area contributed by atoms with Crippen molar-refractivity contribution >= 4 is 23.2 Å². The zero-order chi connectivity index (χ0) is 9.97. The number of rotatable bonds is 3. The van der Waals surface area contributed by atoms with Crippen molar-refractivity contribution in [2.45, 2.75) is 19.3 Å². The molecular formula is C11H12Cl2O. The molecule has 1 aliphatic rings. The van der Waals surface area contributed by atoms with Gasteiger partial charge < -0.3 is 4.74 Å². The lowest BCUT2D eigenvalue weighted by Crippen LogP contribution is -1.93. The Balaban J connectivity index is 2.29. The molecule has 1 aliphatic heterocycles. The van der Waals surface area contributed by atoms with Gasteiger partial charge >= 0.3 is 0 Å². The minimum Gasteiger partial charge on any atom is -0.493 e. The van der Waals surface area contributed by atoms with E-state index in [1.165, 1.54) is 11.1 Å². The molecule has 0 aliphatic carbocycles. The maximum absolute atomic E-state index is 6.02. The van der Waals surface area contributed by atoms with Crippen LogP contribution < -0.4 is 4.74 Å². The molecule has 0 amide bonds. The summed E-state index contributed by atoms with van der Waals surface area (Å²) < 4.78 is 5.58. The van der Waals surface area contributed by atoms with E-state index in [2.05, 4.69) is 0 Å². The number of ether oxygens (including phenoxy) is 1. The first-order chi connectivity index (χ1) is 6.81. The fourth-order valence-corrected chi connectivity index (χ4v) is 2.19. The Kier molecular flexibility index (Phi) is 3.19. The van der Waals surface area contributed by atoms with Gasteiger partial charge in [0, 0.05) is 17.3 Å². The topological polar surface area (TPSA) is 9.23 Å². The van der Waals surface area contributed by atoms with Gasteiger partial charge in [-0.2, -0.15) is 0 Å². The molecule has 0 atom stereocenters. The summed E-state index contributed by atoms with van der Waals surface area (Å²) >= 11 is 11.7. The molecule has 76 valence electrons. The maximum atomic E-state index is 6.02.